The van der Waals surface area contributed by atoms with Crippen LogP contribution < -0.4 is 10.5 Å². The van der Waals surface area contributed by atoms with Crippen molar-refractivity contribution in [3.63, 3.8) is 0 Å². The Morgan fingerprint density at radius 1 is 1.44 bits per heavy atom. The topological polar surface area (TPSA) is 35.2 Å². The molecule has 0 amide bonds. The van der Waals surface area contributed by atoms with Crippen molar-refractivity contribution in [2.75, 3.05) is 0 Å². The summed E-state index contributed by atoms with van der Waals surface area (Å²) < 4.78 is 7.01. The molecule has 16 heavy (non-hydrogen) atoms. The summed E-state index contributed by atoms with van der Waals surface area (Å²) in [6.45, 7) is 6.39. The second-order valence-electron chi connectivity index (χ2n) is 5.20. The van der Waals surface area contributed by atoms with Crippen LogP contribution in [0.2, 0.25) is 0 Å². The van der Waals surface area contributed by atoms with Crippen molar-refractivity contribution >= 4 is 15.9 Å². The number of rotatable bonds is 2. The van der Waals surface area contributed by atoms with Crippen LogP contribution in [0.25, 0.3) is 0 Å². The molecule has 0 spiro atoms. The molecule has 0 radical (unpaired) electrons. The van der Waals surface area contributed by atoms with Crippen molar-refractivity contribution in [1.29, 1.82) is 0 Å². The number of halogens is 1. The van der Waals surface area contributed by atoms with Gasteiger partial charge < -0.3 is 10.5 Å². The minimum atomic E-state index is 0.0737. The van der Waals surface area contributed by atoms with Crippen molar-refractivity contribution in [2.45, 2.75) is 39.3 Å². The lowest BCUT2D eigenvalue weighted by Gasteiger charge is -2.49. The first-order valence-electron chi connectivity index (χ1n) is 5.59. The van der Waals surface area contributed by atoms with Gasteiger partial charge in [-0.25, -0.2) is 0 Å². The van der Waals surface area contributed by atoms with E-state index in [1.165, 1.54) is 5.56 Å². The smallest absolute Gasteiger partial charge is 0.133 e. The number of aryl methyl sites for hydroxylation is 1. The van der Waals surface area contributed by atoms with E-state index in [9.17, 15) is 0 Å². The summed E-state index contributed by atoms with van der Waals surface area (Å²) in [6.07, 6.45) is 1.16. The van der Waals surface area contributed by atoms with Crippen LogP contribution in [-0.4, -0.2) is 12.1 Å². The van der Waals surface area contributed by atoms with Crippen LogP contribution in [0.15, 0.2) is 22.7 Å². The average molecular weight is 284 g/mol. The van der Waals surface area contributed by atoms with Gasteiger partial charge in [0.05, 0.1) is 4.47 Å². The second-order valence-corrected chi connectivity index (χ2v) is 6.06. The Labute approximate surface area is 105 Å². The first-order chi connectivity index (χ1) is 7.41. The van der Waals surface area contributed by atoms with E-state index in [2.05, 4.69) is 48.8 Å². The normalized spacial score (nSPS) is 27.3. The van der Waals surface area contributed by atoms with E-state index in [0.29, 0.717) is 0 Å². The van der Waals surface area contributed by atoms with Crippen LogP contribution in [0.3, 0.4) is 0 Å². The van der Waals surface area contributed by atoms with Gasteiger partial charge in [0.25, 0.3) is 0 Å². The Morgan fingerprint density at radius 2 is 2.12 bits per heavy atom. The van der Waals surface area contributed by atoms with E-state index in [1.54, 1.807) is 0 Å². The lowest BCUT2D eigenvalue weighted by atomic mass is 9.65. The maximum absolute atomic E-state index is 5.99. The highest BCUT2D eigenvalue weighted by Crippen LogP contribution is 2.42. The molecule has 1 aromatic rings. The quantitative estimate of drug-likeness (QED) is 0.904. The molecule has 1 saturated carbocycles. The van der Waals surface area contributed by atoms with Crippen molar-refractivity contribution in [1.82, 2.24) is 0 Å². The van der Waals surface area contributed by atoms with Crippen LogP contribution in [0, 0.1) is 12.3 Å². The Bertz CT molecular complexity index is 403. The third-order valence-corrected chi connectivity index (χ3v) is 4.23. The molecule has 1 aromatic carbocycles. The van der Waals surface area contributed by atoms with Crippen molar-refractivity contribution in [3.8, 4) is 5.75 Å². The van der Waals surface area contributed by atoms with Gasteiger partial charge in [0, 0.05) is 17.9 Å². The van der Waals surface area contributed by atoms with Gasteiger partial charge in [-0.15, -0.1) is 0 Å². The monoisotopic (exact) mass is 283 g/mol. The van der Waals surface area contributed by atoms with E-state index in [0.717, 1.165) is 16.6 Å². The summed E-state index contributed by atoms with van der Waals surface area (Å²) in [5.41, 5.74) is 7.27. The van der Waals surface area contributed by atoms with E-state index in [1.807, 2.05) is 6.07 Å². The number of benzene rings is 1. The highest BCUT2D eigenvalue weighted by atomic mass is 79.9. The molecule has 0 aliphatic heterocycles. The summed E-state index contributed by atoms with van der Waals surface area (Å²) in [5.74, 6) is 0.913. The van der Waals surface area contributed by atoms with Crippen molar-refractivity contribution in [2.24, 2.45) is 11.1 Å². The van der Waals surface area contributed by atoms with Gasteiger partial charge in [0.1, 0.15) is 11.9 Å². The molecule has 2 atom stereocenters. The lowest BCUT2D eigenvalue weighted by Crippen LogP contribution is -2.60. The largest absolute Gasteiger partial charge is 0.489 e. The highest BCUT2D eigenvalue weighted by molar-refractivity contribution is 9.10. The summed E-state index contributed by atoms with van der Waals surface area (Å²) in [5, 5.41) is 0. The van der Waals surface area contributed by atoms with Crippen LogP contribution in [0.1, 0.15) is 25.8 Å². The molecular formula is C13H18BrNO. The zero-order valence-corrected chi connectivity index (χ0v) is 11.5. The van der Waals surface area contributed by atoms with Gasteiger partial charge in [0.15, 0.2) is 0 Å². The summed E-state index contributed by atoms with van der Waals surface area (Å²) in [4.78, 5) is 0. The fraction of sp³-hybridized carbons (Fsp3) is 0.538. The molecule has 2 nitrogen and oxygen atoms in total. The van der Waals surface area contributed by atoms with Crippen LogP contribution >= 0.6 is 15.9 Å². The standard InChI is InChI=1S/C13H18BrNO/c1-8-4-5-10(9(14)6-8)16-12-7-11(15)13(12,2)3/h4-6,11-12H,7,15H2,1-3H3. The third kappa shape index (κ3) is 1.98. The molecule has 0 heterocycles. The second kappa shape index (κ2) is 4.04. The first-order valence-corrected chi connectivity index (χ1v) is 6.39. The summed E-state index contributed by atoms with van der Waals surface area (Å²) >= 11 is 3.53. The van der Waals surface area contributed by atoms with Gasteiger partial charge in [-0.2, -0.15) is 0 Å². The molecule has 2 unspecified atom stereocenters. The van der Waals surface area contributed by atoms with Crippen molar-refractivity contribution in [3.05, 3.63) is 28.2 Å². The molecule has 3 heteroatoms. The minimum Gasteiger partial charge on any atom is -0.489 e. The molecule has 0 saturated heterocycles. The molecule has 1 aliphatic rings. The Kier molecular flexibility index (Phi) is 3.01. The van der Waals surface area contributed by atoms with Gasteiger partial charge in [-0.05, 0) is 40.5 Å². The minimum absolute atomic E-state index is 0.0737. The van der Waals surface area contributed by atoms with E-state index < -0.39 is 0 Å². The van der Waals surface area contributed by atoms with E-state index >= 15 is 0 Å². The average Bonchev–Trinajstić information content (AvgIpc) is 2.21. The zero-order chi connectivity index (χ0) is 11.9. The van der Waals surface area contributed by atoms with Gasteiger partial charge in [0.2, 0.25) is 0 Å². The van der Waals surface area contributed by atoms with Gasteiger partial charge in [-0.1, -0.05) is 19.9 Å². The maximum Gasteiger partial charge on any atom is 0.133 e. The predicted molar refractivity (Wildman–Crippen MR) is 69.7 cm³/mol. The maximum atomic E-state index is 5.99. The molecule has 88 valence electrons. The van der Waals surface area contributed by atoms with Crippen molar-refractivity contribution < 1.29 is 4.74 Å². The highest BCUT2D eigenvalue weighted by Gasteiger charge is 2.48. The summed E-state index contributed by atoms with van der Waals surface area (Å²) in [7, 11) is 0. The predicted octanol–water partition coefficient (Wildman–Crippen LogP) is 3.26. The number of nitrogens with two attached hydrogens (primary N) is 1. The third-order valence-electron chi connectivity index (χ3n) is 3.61. The van der Waals surface area contributed by atoms with Crippen LogP contribution in [-0.2, 0) is 0 Å². The molecule has 2 rings (SSSR count). The van der Waals surface area contributed by atoms with Gasteiger partial charge in [-0.3, -0.25) is 0 Å². The van der Waals surface area contributed by atoms with E-state index in [-0.39, 0.29) is 17.6 Å². The first kappa shape index (κ1) is 11.9. The van der Waals surface area contributed by atoms with Crippen LogP contribution in [0.4, 0.5) is 0 Å². The lowest BCUT2D eigenvalue weighted by molar-refractivity contribution is -0.0404. The van der Waals surface area contributed by atoms with Gasteiger partial charge >= 0.3 is 0 Å². The SMILES string of the molecule is Cc1ccc(OC2CC(N)C2(C)C)c(Br)c1. The number of hydrogen-bond acceptors (Lipinski definition) is 2. The Hall–Kier alpha value is -0.540. The molecule has 0 aromatic heterocycles. The molecule has 1 aliphatic carbocycles. The van der Waals surface area contributed by atoms with E-state index in [4.69, 9.17) is 10.5 Å². The fourth-order valence-electron chi connectivity index (χ4n) is 1.97. The molecule has 0 bridgehead atoms. The Morgan fingerprint density at radius 3 is 2.62 bits per heavy atom. The molecule has 1 fully saturated rings. The summed E-state index contributed by atoms with van der Waals surface area (Å²) in [6, 6.07) is 6.40. The fourth-order valence-corrected chi connectivity index (χ4v) is 2.56. The Balaban J connectivity index is 2.11. The number of hydrogen-bond donors (Lipinski definition) is 1. The number of ether oxygens (including phenoxy) is 1. The van der Waals surface area contributed by atoms with Crippen LogP contribution in [0.5, 0.6) is 5.75 Å². The zero-order valence-electron chi connectivity index (χ0n) is 9.96. The molecule has 2 N–H and O–H groups in total. The molecular weight excluding hydrogens is 266 g/mol.